The van der Waals surface area contributed by atoms with Crippen molar-refractivity contribution in [1.29, 1.82) is 0 Å². The molecule has 0 amide bonds. The predicted octanol–water partition coefficient (Wildman–Crippen LogP) is 3.42. The van der Waals surface area contributed by atoms with Crippen molar-refractivity contribution >= 4 is 38.1 Å². The average Bonchev–Trinajstić information content (AvgIpc) is 2.71. The van der Waals surface area contributed by atoms with Crippen LogP contribution in [0.4, 0.5) is 11.4 Å². The van der Waals surface area contributed by atoms with Gasteiger partial charge < -0.3 is 4.74 Å². The standard InChI is InChI=1S/C20H18N2O6S/c1-14-7-9-17(22(24)25)12-19(14)21(13-20(23)28-2)29(26,27)18-10-8-15-5-3-4-6-16(15)11-18/h3-12H,13H2,1-2H3. The highest BCUT2D eigenvalue weighted by molar-refractivity contribution is 7.92. The van der Waals surface area contributed by atoms with Crippen LogP contribution in [0.25, 0.3) is 10.8 Å². The first-order valence-electron chi connectivity index (χ1n) is 8.57. The fourth-order valence-electron chi connectivity index (χ4n) is 2.92. The van der Waals surface area contributed by atoms with E-state index in [1.54, 1.807) is 25.1 Å². The molecule has 3 aromatic carbocycles. The number of non-ortho nitro benzene ring substituents is 1. The van der Waals surface area contributed by atoms with Gasteiger partial charge in [0.1, 0.15) is 6.54 Å². The van der Waals surface area contributed by atoms with E-state index in [1.807, 2.05) is 12.1 Å². The molecule has 8 nitrogen and oxygen atoms in total. The zero-order chi connectivity index (χ0) is 21.2. The normalized spacial score (nSPS) is 11.2. The number of hydrogen-bond donors (Lipinski definition) is 0. The molecule has 150 valence electrons. The zero-order valence-electron chi connectivity index (χ0n) is 15.7. The van der Waals surface area contributed by atoms with Gasteiger partial charge in [0.05, 0.1) is 22.6 Å². The molecule has 3 rings (SSSR count). The van der Waals surface area contributed by atoms with Crippen molar-refractivity contribution in [2.75, 3.05) is 18.0 Å². The summed E-state index contributed by atoms with van der Waals surface area (Å²) in [6.07, 6.45) is 0. The van der Waals surface area contributed by atoms with Crippen LogP contribution in [0.5, 0.6) is 0 Å². The third-order valence-corrected chi connectivity index (χ3v) is 6.24. The number of sulfonamides is 1. The van der Waals surface area contributed by atoms with Crippen molar-refractivity contribution in [2.24, 2.45) is 0 Å². The Hall–Kier alpha value is -3.46. The molecule has 0 spiro atoms. The molecule has 0 aromatic heterocycles. The number of methoxy groups -OCH3 is 1. The first-order chi connectivity index (χ1) is 13.7. The van der Waals surface area contributed by atoms with E-state index in [2.05, 4.69) is 4.74 Å². The van der Waals surface area contributed by atoms with Crippen LogP contribution in [0.2, 0.25) is 0 Å². The highest BCUT2D eigenvalue weighted by atomic mass is 32.2. The Bertz CT molecular complexity index is 1210. The number of nitrogens with zero attached hydrogens (tertiary/aromatic N) is 2. The van der Waals surface area contributed by atoms with Crippen LogP contribution in [0.1, 0.15) is 5.56 Å². The molecule has 3 aromatic rings. The van der Waals surface area contributed by atoms with Crippen LogP contribution < -0.4 is 4.31 Å². The quantitative estimate of drug-likeness (QED) is 0.347. The fourth-order valence-corrected chi connectivity index (χ4v) is 4.42. The largest absolute Gasteiger partial charge is 0.468 e. The molecular formula is C20H18N2O6S. The van der Waals surface area contributed by atoms with E-state index >= 15 is 0 Å². The lowest BCUT2D eigenvalue weighted by Crippen LogP contribution is -2.36. The van der Waals surface area contributed by atoms with Gasteiger partial charge in [-0.05, 0) is 35.4 Å². The Labute approximate surface area is 167 Å². The molecule has 0 unspecified atom stereocenters. The number of aryl methyl sites for hydroxylation is 1. The van der Waals surface area contributed by atoms with Crippen LogP contribution in [-0.4, -0.2) is 33.0 Å². The van der Waals surface area contributed by atoms with Gasteiger partial charge in [-0.1, -0.05) is 36.4 Å². The van der Waals surface area contributed by atoms with Gasteiger partial charge >= 0.3 is 5.97 Å². The number of carbonyl (C=O) groups excluding carboxylic acids is 1. The second-order valence-corrected chi connectivity index (χ2v) is 8.19. The maximum Gasteiger partial charge on any atom is 0.326 e. The summed E-state index contributed by atoms with van der Waals surface area (Å²) in [6.45, 7) is 0.993. The van der Waals surface area contributed by atoms with Crippen LogP contribution in [0, 0.1) is 17.0 Å². The van der Waals surface area contributed by atoms with Gasteiger partial charge in [0, 0.05) is 12.1 Å². The van der Waals surface area contributed by atoms with E-state index in [0.29, 0.717) is 10.9 Å². The predicted molar refractivity (Wildman–Crippen MR) is 108 cm³/mol. The van der Waals surface area contributed by atoms with Gasteiger partial charge in [-0.25, -0.2) is 8.42 Å². The third kappa shape index (κ3) is 4.04. The van der Waals surface area contributed by atoms with E-state index in [-0.39, 0.29) is 16.3 Å². The number of esters is 1. The Morgan fingerprint density at radius 3 is 2.41 bits per heavy atom. The van der Waals surface area contributed by atoms with Crippen LogP contribution >= 0.6 is 0 Å². The lowest BCUT2D eigenvalue weighted by atomic mass is 10.1. The zero-order valence-corrected chi connectivity index (χ0v) is 16.5. The van der Waals surface area contributed by atoms with E-state index in [0.717, 1.165) is 22.9 Å². The summed E-state index contributed by atoms with van der Waals surface area (Å²) in [5, 5.41) is 12.7. The summed E-state index contributed by atoms with van der Waals surface area (Å²) in [5.74, 6) is -0.791. The molecule has 0 radical (unpaired) electrons. The Kier molecular flexibility index (Phi) is 5.51. The van der Waals surface area contributed by atoms with Gasteiger partial charge in [-0.2, -0.15) is 0 Å². The van der Waals surface area contributed by atoms with Gasteiger partial charge in [0.2, 0.25) is 0 Å². The SMILES string of the molecule is COC(=O)CN(c1cc([N+](=O)[O-])ccc1C)S(=O)(=O)c1ccc2ccccc2c1. The molecule has 0 aliphatic heterocycles. The maximum absolute atomic E-state index is 13.4. The number of rotatable bonds is 6. The molecule has 0 heterocycles. The summed E-state index contributed by atoms with van der Waals surface area (Å²) >= 11 is 0. The molecule has 0 fully saturated rings. The van der Waals surface area contributed by atoms with Gasteiger partial charge in [0.25, 0.3) is 15.7 Å². The molecule has 0 saturated carbocycles. The smallest absolute Gasteiger partial charge is 0.326 e. The number of fused-ring (bicyclic) bond motifs is 1. The van der Waals surface area contributed by atoms with Gasteiger partial charge in [0.15, 0.2) is 0 Å². The molecule has 0 saturated heterocycles. The first-order valence-corrected chi connectivity index (χ1v) is 10.0. The summed E-state index contributed by atoms with van der Waals surface area (Å²) < 4.78 is 32.3. The molecule has 0 N–H and O–H groups in total. The van der Waals surface area contributed by atoms with Gasteiger partial charge in [-0.15, -0.1) is 0 Å². The average molecular weight is 414 g/mol. The van der Waals surface area contributed by atoms with Crippen molar-refractivity contribution in [1.82, 2.24) is 0 Å². The Balaban J connectivity index is 2.18. The van der Waals surface area contributed by atoms with E-state index in [9.17, 15) is 23.3 Å². The Morgan fingerprint density at radius 1 is 1.07 bits per heavy atom. The van der Waals surface area contributed by atoms with Crippen molar-refractivity contribution in [3.05, 3.63) is 76.3 Å². The van der Waals surface area contributed by atoms with Gasteiger partial charge in [-0.3, -0.25) is 19.2 Å². The molecule has 0 aliphatic carbocycles. The fraction of sp³-hybridized carbons (Fsp3) is 0.150. The molecular weight excluding hydrogens is 396 g/mol. The summed E-state index contributed by atoms with van der Waals surface area (Å²) in [6, 6.07) is 15.7. The lowest BCUT2D eigenvalue weighted by molar-refractivity contribution is -0.384. The first kappa shape index (κ1) is 20.3. The molecule has 29 heavy (non-hydrogen) atoms. The highest BCUT2D eigenvalue weighted by Crippen LogP contribution is 2.31. The number of ether oxygens (including phenoxy) is 1. The number of benzene rings is 3. The minimum atomic E-state index is -4.21. The monoisotopic (exact) mass is 414 g/mol. The minimum absolute atomic E-state index is 0.0361. The number of carbonyl (C=O) groups is 1. The summed E-state index contributed by atoms with van der Waals surface area (Å²) in [7, 11) is -3.06. The van der Waals surface area contributed by atoms with Crippen molar-refractivity contribution in [3.63, 3.8) is 0 Å². The molecule has 0 aliphatic rings. The van der Waals surface area contributed by atoms with Crippen molar-refractivity contribution in [3.8, 4) is 0 Å². The number of nitro groups is 1. The second-order valence-electron chi connectivity index (χ2n) is 6.32. The van der Waals surface area contributed by atoms with Crippen LogP contribution in [-0.2, 0) is 19.6 Å². The lowest BCUT2D eigenvalue weighted by Gasteiger charge is -2.25. The maximum atomic E-state index is 13.4. The summed E-state index contributed by atoms with van der Waals surface area (Å²) in [4.78, 5) is 22.5. The Morgan fingerprint density at radius 2 is 1.76 bits per heavy atom. The summed E-state index contributed by atoms with van der Waals surface area (Å²) in [5.41, 5.74) is 0.218. The van der Waals surface area contributed by atoms with Crippen LogP contribution in [0.3, 0.4) is 0 Å². The second kappa shape index (κ2) is 7.88. The highest BCUT2D eigenvalue weighted by Gasteiger charge is 2.30. The third-order valence-electron chi connectivity index (χ3n) is 4.48. The number of anilines is 1. The molecule has 0 bridgehead atoms. The molecule has 0 atom stereocenters. The van der Waals surface area contributed by atoms with E-state index < -0.39 is 27.5 Å². The number of nitro benzene ring substituents is 1. The minimum Gasteiger partial charge on any atom is -0.468 e. The van der Waals surface area contributed by atoms with E-state index in [4.69, 9.17) is 0 Å². The molecule has 9 heteroatoms. The van der Waals surface area contributed by atoms with Crippen molar-refractivity contribution < 1.29 is 22.9 Å². The van der Waals surface area contributed by atoms with Crippen LogP contribution in [0.15, 0.2) is 65.6 Å². The number of hydrogen-bond acceptors (Lipinski definition) is 6. The topological polar surface area (TPSA) is 107 Å². The van der Waals surface area contributed by atoms with Crippen molar-refractivity contribution in [2.45, 2.75) is 11.8 Å². The van der Waals surface area contributed by atoms with E-state index in [1.165, 1.54) is 24.3 Å².